The standard InChI is InChI=1S/C23H32N4O3/c1-4-27(5-2)13-14-30-22-15-18(11-12-21(22)29-3)24-23(28)20-16-19(25-26-20)17-9-7-6-8-10-17/h6-12,15,19-20,25-26H,4-5,13-14,16H2,1-3H3,(H,24,28). The van der Waals surface area contributed by atoms with Crippen LogP contribution in [0.15, 0.2) is 48.5 Å². The number of hydrazine groups is 1. The van der Waals surface area contributed by atoms with E-state index in [1.165, 1.54) is 0 Å². The van der Waals surface area contributed by atoms with Crippen LogP contribution in [0.4, 0.5) is 5.69 Å². The molecule has 3 N–H and O–H groups in total. The van der Waals surface area contributed by atoms with Crippen LogP contribution < -0.4 is 25.6 Å². The summed E-state index contributed by atoms with van der Waals surface area (Å²) in [5, 5.41) is 2.98. The lowest BCUT2D eigenvalue weighted by Gasteiger charge is -2.19. The number of nitrogens with zero attached hydrogens (tertiary/aromatic N) is 1. The van der Waals surface area contributed by atoms with E-state index in [9.17, 15) is 4.79 Å². The van der Waals surface area contributed by atoms with Crippen LogP contribution in [0, 0.1) is 0 Å². The first-order valence-electron chi connectivity index (χ1n) is 10.5. The molecule has 0 radical (unpaired) electrons. The molecular weight excluding hydrogens is 380 g/mol. The Bertz CT molecular complexity index is 811. The summed E-state index contributed by atoms with van der Waals surface area (Å²) in [4.78, 5) is 15.0. The molecule has 2 aromatic carbocycles. The second kappa shape index (κ2) is 11.0. The Balaban J connectivity index is 1.58. The van der Waals surface area contributed by atoms with Gasteiger partial charge in [-0.25, -0.2) is 10.9 Å². The summed E-state index contributed by atoms with van der Waals surface area (Å²) in [6.45, 7) is 7.63. The Morgan fingerprint density at radius 2 is 1.87 bits per heavy atom. The molecule has 162 valence electrons. The number of rotatable bonds is 10. The number of anilines is 1. The first-order valence-corrected chi connectivity index (χ1v) is 10.5. The van der Waals surface area contributed by atoms with Crippen molar-refractivity contribution >= 4 is 11.6 Å². The van der Waals surface area contributed by atoms with Gasteiger partial charge in [0, 0.05) is 24.3 Å². The Kier molecular flexibility index (Phi) is 8.07. The highest BCUT2D eigenvalue weighted by Gasteiger charge is 2.30. The molecule has 2 unspecified atom stereocenters. The predicted molar refractivity (Wildman–Crippen MR) is 119 cm³/mol. The van der Waals surface area contributed by atoms with Gasteiger partial charge in [0.1, 0.15) is 12.6 Å². The molecule has 1 fully saturated rings. The largest absolute Gasteiger partial charge is 0.493 e. The fourth-order valence-corrected chi connectivity index (χ4v) is 3.55. The van der Waals surface area contributed by atoms with Crippen molar-refractivity contribution in [2.75, 3.05) is 38.7 Å². The maximum absolute atomic E-state index is 12.7. The first kappa shape index (κ1) is 22.1. The van der Waals surface area contributed by atoms with E-state index in [2.05, 4.69) is 47.0 Å². The van der Waals surface area contributed by atoms with E-state index in [1.807, 2.05) is 36.4 Å². The fourth-order valence-electron chi connectivity index (χ4n) is 3.55. The molecule has 2 atom stereocenters. The Labute approximate surface area is 178 Å². The van der Waals surface area contributed by atoms with Gasteiger partial charge in [0.05, 0.1) is 7.11 Å². The van der Waals surface area contributed by atoms with Gasteiger partial charge in [-0.1, -0.05) is 44.2 Å². The Morgan fingerprint density at radius 1 is 1.10 bits per heavy atom. The highest BCUT2D eigenvalue weighted by atomic mass is 16.5. The Morgan fingerprint density at radius 3 is 2.57 bits per heavy atom. The molecule has 0 saturated carbocycles. The zero-order valence-electron chi connectivity index (χ0n) is 18.0. The van der Waals surface area contributed by atoms with Gasteiger partial charge in [-0.3, -0.25) is 4.79 Å². The molecule has 1 aliphatic rings. The fraction of sp³-hybridized carbons (Fsp3) is 0.435. The number of benzene rings is 2. The van der Waals surface area contributed by atoms with E-state index >= 15 is 0 Å². The molecule has 7 heteroatoms. The van der Waals surface area contributed by atoms with Gasteiger partial charge in [0.2, 0.25) is 5.91 Å². The van der Waals surface area contributed by atoms with Crippen molar-refractivity contribution in [3.63, 3.8) is 0 Å². The normalized spacial score (nSPS) is 18.4. The van der Waals surface area contributed by atoms with Crippen LogP contribution in [-0.2, 0) is 4.79 Å². The topological polar surface area (TPSA) is 74.9 Å². The van der Waals surface area contributed by atoms with Crippen molar-refractivity contribution < 1.29 is 14.3 Å². The second-order valence-corrected chi connectivity index (χ2v) is 7.27. The molecule has 3 rings (SSSR count). The number of ether oxygens (including phenoxy) is 2. The lowest BCUT2D eigenvalue weighted by atomic mass is 10.0. The summed E-state index contributed by atoms with van der Waals surface area (Å²) in [6.07, 6.45) is 0.680. The number of hydrogen-bond donors (Lipinski definition) is 3. The van der Waals surface area contributed by atoms with Gasteiger partial charge in [-0.05, 0) is 37.2 Å². The lowest BCUT2D eigenvalue weighted by Crippen LogP contribution is -2.39. The summed E-state index contributed by atoms with van der Waals surface area (Å²) in [7, 11) is 1.61. The summed E-state index contributed by atoms with van der Waals surface area (Å²) in [5.74, 6) is 1.19. The quantitative estimate of drug-likeness (QED) is 0.557. The highest BCUT2D eigenvalue weighted by Crippen LogP contribution is 2.31. The van der Waals surface area contributed by atoms with Crippen molar-refractivity contribution in [2.45, 2.75) is 32.4 Å². The monoisotopic (exact) mass is 412 g/mol. The lowest BCUT2D eigenvalue weighted by molar-refractivity contribution is -0.117. The average Bonchev–Trinajstić information content (AvgIpc) is 3.28. The van der Waals surface area contributed by atoms with Crippen LogP contribution >= 0.6 is 0 Å². The molecule has 0 aliphatic carbocycles. The summed E-state index contributed by atoms with van der Waals surface area (Å²) in [6, 6.07) is 15.4. The average molecular weight is 413 g/mol. The van der Waals surface area contributed by atoms with Crippen LogP contribution in [0.25, 0.3) is 0 Å². The minimum Gasteiger partial charge on any atom is -0.493 e. The van der Waals surface area contributed by atoms with Crippen molar-refractivity contribution in [3.05, 3.63) is 54.1 Å². The Hall–Kier alpha value is -2.61. The number of hydrogen-bond acceptors (Lipinski definition) is 6. The molecule has 0 bridgehead atoms. The van der Waals surface area contributed by atoms with Crippen molar-refractivity contribution in [2.24, 2.45) is 0 Å². The molecule has 7 nitrogen and oxygen atoms in total. The van der Waals surface area contributed by atoms with Crippen LogP contribution in [0.3, 0.4) is 0 Å². The number of methoxy groups -OCH3 is 1. The third-order valence-electron chi connectivity index (χ3n) is 5.41. The number of likely N-dealkylation sites (N-methyl/N-ethyl adjacent to an activating group) is 1. The molecule has 1 amide bonds. The minimum atomic E-state index is -0.315. The number of carbonyl (C=O) groups excluding carboxylic acids is 1. The van der Waals surface area contributed by atoms with Crippen molar-refractivity contribution in [3.8, 4) is 11.5 Å². The molecule has 0 spiro atoms. The van der Waals surface area contributed by atoms with Gasteiger partial charge in [-0.15, -0.1) is 0 Å². The van der Waals surface area contributed by atoms with Crippen LogP contribution in [-0.4, -0.2) is 50.2 Å². The molecule has 1 aliphatic heterocycles. The third kappa shape index (κ3) is 5.72. The number of amides is 1. The van der Waals surface area contributed by atoms with Crippen LogP contribution in [0.1, 0.15) is 31.9 Å². The van der Waals surface area contributed by atoms with E-state index in [4.69, 9.17) is 9.47 Å². The molecule has 2 aromatic rings. The van der Waals surface area contributed by atoms with E-state index in [0.717, 1.165) is 25.2 Å². The molecule has 30 heavy (non-hydrogen) atoms. The molecule has 1 heterocycles. The summed E-state index contributed by atoms with van der Waals surface area (Å²) >= 11 is 0. The first-order chi connectivity index (χ1) is 14.6. The van der Waals surface area contributed by atoms with Gasteiger partial charge in [-0.2, -0.15) is 0 Å². The number of carbonyl (C=O) groups is 1. The van der Waals surface area contributed by atoms with E-state index in [1.54, 1.807) is 7.11 Å². The van der Waals surface area contributed by atoms with Crippen molar-refractivity contribution in [1.29, 1.82) is 0 Å². The predicted octanol–water partition coefficient (Wildman–Crippen LogP) is 2.96. The zero-order chi connectivity index (χ0) is 21.3. The molecular formula is C23H32N4O3. The second-order valence-electron chi connectivity index (χ2n) is 7.27. The van der Waals surface area contributed by atoms with E-state index < -0.39 is 0 Å². The third-order valence-corrected chi connectivity index (χ3v) is 5.41. The summed E-state index contributed by atoms with van der Waals surface area (Å²) in [5.41, 5.74) is 8.15. The summed E-state index contributed by atoms with van der Waals surface area (Å²) < 4.78 is 11.3. The van der Waals surface area contributed by atoms with Gasteiger partial charge in [0.15, 0.2) is 11.5 Å². The zero-order valence-corrected chi connectivity index (χ0v) is 18.0. The number of nitrogens with one attached hydrogen (secondary N) is 3. The van der Waals surface area contributed by atoms with Crippen LogP contribution in [0.5, 0.6) is 11.5 Å². The van der Waals surface area contributed by atoms with E-state index in [-0.39, 0.29) is 18.0 Å². The van der Waals surface area contributed by atoms with Crippen LogP contribution in [0.2, 0.25) is 0 Å². The van der Waals surface area contributed by atoms with E-state index in [0.29, 0.717) is 30.2 Å². The minimum absolute atomic E-state index is 0.0832. The van der Waals surface area contributed by atoms with Crippen molar-refractivity contribution in [1.82, 2.24) is 15.8 Å². The van der Waals surface area contributed by atoms with Gasteiger partial charge in [0.25, 0.3) is 0 Å². The molecule has 0 aromatic heterocycles. The SMILES string of the molecule is CCN(CC)CCOc1cc(NC(=O)C2CC(c3ccccc3)NN2)ccc1OC. The van der Waals surface area contributed by atoms with Gasteiger partial charge >= 0.3 is 0 Å². The maximum Gasteiger partial charge on any atom is 0.242 e. The van der Waals surface area contributed by atoms with Gasteiger partial charge < -0.3 is 19.7 Å². The molecule has 1 saturated heterocycles. The maximum atomic E-state index is 12.7. The highest BCUT2D eigenvalue weighted by molar-refractivity contribution is 5.95. The smallest absolute Gasteiger partial charge is 0.242 e.